The minimum absolute atomic E-state index is 0.422. The molecule has 5 heteroatoms. The van der Waals surface area contributed by atoms with Crippen LogP contribution in [0.15, 0.2) is 24.3 Å². The van der Waals surface area contributed by atoms with Crippen LogP contribution in [0.1, 0.15) is 39.0 Å². The van der Waals surface area contributed by atoms with E-state index in [1.165, 1.54) is 12.8 Å². The Kier molecular flexibility index (Phi) is 7.73. The Hall–Kier alpha value is -1.75. The molecule has 1 aliphatic heterocycles. The first-order valence-corrected chi connectivity index (χ1v) is 8.67. The van der Waals surface area contributed by atoms with Crippen LogP contribution >= 0.6 is 0 Å². The minimum Gasteiger partial charge on any atom is -0.491 e. The maximum atomic E-state index is 11.9. The maximum Gasteiger partial charge on any atom is 0.411 e. The van der Waals surface area contributed by atoms with Crippen LogP contribution in [0.5, 0.6) is 5.75 Å². The first kappa shape index (κ1) is 17.6. The molecule has 0 unspecified atom stereocenters. The van der Waals surface area contributed by atoms with Crippen LogP contribution in [0.25, 0.3) is 0 Å². The molecule has 0 bridgehead atoms. The molecule has 0 spiro atoms. The highest BCUT2D eigenvalue weighted by atomic mass is 16.5. The Bertz CT molecular complexity index is 473. The highest BCUT2D eigenvalue weighted by molar-refractivity contribution is 5.86. The SMILES string of the molecule is CCCCCOc1ccccc1NC(=O)OCCN1CCCC1. The van der Waals surface area contributed by atoms with Gasteiger partial charge in [0, 0.05) is 6.54 Å². The fourth-order valence-corrected chi connectivity index (χ4v) is 2.65. The average molecular weight is 320 g/mol. The summed E-state index contributed by atoms with van der Waals surface area (Å²) in [4.78, 5) is 14.2. The van der Waals surface area contributed by atoms with Gasteiger partial charge < -0.3 is 9.47 Å². The molecule has 1 aromatic carbocycles. The molecular weight excluding hydrogens is 292 g/mol. The molecule has 1 amide bonds. The zero-order valence-corrected chi connectivity index (χ0v) is 14.1. The number of ether oxygens (including phenoxy) is 2. The van der Waals surface area contributed by atoms with E-state index in [1.54, 1.807) is 0 Å². The number of amides is 1. The van der Waals surface area contributed by atoms with Crippen molar-refractivity contribution in [3.05, 3.63) is 24.3 Å². The molecule has 1 N–H and O–H groups in total. The van der Waals surface area contributed by atoms with Crippen LogP contribution in [0.2, 0.25) is 0 Å². The summed E-state index contributed by atoms with van der Waals surface area (Å²) in [6.45, 7) is 6.27. The molecule has 1 aliphatic rings. The van der Waals surface area contributed by atoms with Gasteiger partial charge in [0.25, 0.3) is 0 Å². The summed E-state index contributed by atoms with van der Waals surface area (Å²) in [7, 11) is 0. The Labute approximate surface area is 139 Å². The lowest BCUT2D eigenvalue weighted by Crippen LogP contribution is -2.26. The van der Waals surface area contributed by atoms with Crippen molar-refractivity contribution in [1.82, 2.24) is 4.90 Å². The van der Waals surface area contributed by atoms with Crippen LogP contribution in [0, 0.1) is 0 Å². The average Bonchev–Trinajstić information content (AvgIpc) is 3.06. The van der Waals surface area contributed by atoms with Gasteiger partial charge in [-0.2, -0.15) is 0 Å². The van der Waals surface area contributed by atoms with E-state index in [9.17, 15) is 4.79 Å². The van der Waals surface area contributed by atoms with Crippen molar-refractivity contribution in [2.75, 3.05) is 38.2 Å². The number of benzene rings is 1. The number of para-hydroxylation sites is 2. The first-order chi connectivity index (χ1) is 11.3. The van der Waals surface area contributed by atoms with E-state index in [1.807, 2.05) is 24.3 Å². The predicted octanol–water partition coefficient (Wildman–Crippen LogP) is 3.90. The van der Waals surface area contributed by atoms with Gasteiger partial charge in [0.05, 0.1) is 12.3 Å². The van der Waals surface area contributed by atoms with Crippen LogP contribution in [-0.4, -0.2) is 43.8 Å². The van der Waals surface area contributed by atoms with Crippen LogP contribution < -0.4 is 10.1 Å². The lowest BCUT2D eigenvalue weighted by atomic mass is 10.2. The molecule has 0 atom stereocenters. The Morgan fingerprint density at radius 2 is 1.96 bits per heavy atom. The van der Waals surface area contributed by atoms with Gasteiger partial charge in [-0.15, -0.1) is 0 Å². The third-order valence-corrected chi connectivity index (χ3v) is 3.97. The molecule has 128 valence electrons. The zero-order valence-electron chi connectivity index (χ0n) is 14.1. The van der Waals surface area contributed by atoms with E-state index in [2.05, 4.69) is 17.1 Å². The van der Waals surface area contributed by atoms with Gasteiger partial charge in [0.15, 0.2) is 0 Å². The largest absolute Gasteiger partial charge is 0.491 e. The molecular formula is C18H28N2O3. The fourth-order valence-electron chi connectivity index (χ4n) is 2.65. The maximum absolute atomic E-state index is 11.9. The Morgan fingerprint density at radius 1 is 1.17 bits per heavy atom. The second-order valence-electron chi connectivity index (χ2n) is 5.86. The number of hydrogen-bond acceptors (Lipinski definition) is 4. The van der Waals surface area contributed by atoms with E-state index < -0.39 is 6.09 Å². The molecule has 2 rings (SSSR count). The topological polar surface area (TPSA) is 50.8 Å². The number of carbonyl (C=O) groups is 1. The monoisotopic (exact) mass is 320 g/mol. The molecule has 0 saturated carbocycles. The van der Waals surface area contributed by atoms with Crippen LogP contribution in [0.3, 0.4) is 0 Å². The number of unbranched alkanes of at least 4 members (excludes halogenated alkanes) is 2. The van der Waals surface area contributed by atoms with E-state index in [4.69, 9.17) is 9.47 Å². The third kappa shape index (κ3) is 6.48. The summed E-state index contributed by atoms with van der Waals surface area (Å²) < 4.78 is 11.0. The summed E-state index contributed by atoms with van der Waals surface area (Å²) in [5.74, 6) is 0.695. The number of rotatable bonds is 9. The Morgan fingerprint density at radius 3 is 2.74 bits per heavy atom. The van der Waals surface area contributed by atoms with Crippen LogP contribution in [0.4, 0.5) is 10.5 Å². The van der Waals surface area contributed by atoms with Gasteiger partial charge in [-0.05, 0) is 44.5 Å². The molecule has 1 fully saturated rings. The quantitative estimate of drug-likeness (QED) is 0.701. The van der Waals surface area contributed by atoms with Gasteiger partial charge in [-0.3, -0.25) is 10.2 Å². The molecule has 0 aromatic heterocycles. The molecule has 1 heterocycles. The second-order valence-corrected chi connectivity index (χ2v) is 5.86. The normalized spacial score (nSPS) is 14.7. The summed E-state index contributed by atoms with van der Waals surface area (Å²) in [6.07, 6.45) is 5.39. The number of carbonyl (C=O) groups excluding carboxylic acids is 1. The van der Waals surface area contributed by atoms with Crippen molar-refractivity contribution >= 4 is 11.8 Å². The highest BCUT2D eigenvalue weighted by Gasteiger charge is 2.12. The predicted molar refractivity (Wildman–Crippen MR) is 92.1 cm³/mol. The fraction of sp³-hybridized carbons (Fsp3) is 0.611. The summed E-state index contributed by atoms with van der Waals surface area (Å²) in [5.41, 5.74) is 0.662. The minimum atomic E-state index is -0.422. The summed E-state index contributed by atoms with van der Waals surface area (Å²) in [6, 6.07) is 7.47. The molecule has 1 aromatic rings. The zero-order chi connectivity index (χ0) is 16.3. The van der Waals surface area contributed by atoms with Crippen molar-refractivity contribution in [2.24, 2.45) is 0 Å². The number of nitrogens with one attached hydrogen (secondary N) is 1. The number of nitrogens with zero attached hydrogens (tertiary/aromatic N) is 1. The molecule has 0 radical (unpaired) electrons. The summed E-state index contributed by atoms with van der Waals surface area (Å²) in [5, 5.41) is 2.77. The van der Waals surface area contributed by atoms with Crippen molar-refractivity contribution < 1.29 is 14.3 Å². The lowest BCUT2D eigenvalue weighted by Gasteiger charge is -2.15. The van der Waals surface area contributed by atoms with Crippen molar-refractivity contribution in [3.63, 3.8) is 0 Å². The van der Waals surface area contributed by atoms with E-state index in [-0.39, 0.29) is 0 Å². The first-order valence-electron chi connectivity index (χ1n) is 8.67. The third-order valence-electron chi connectivity index (χ3n) is 3.97. The second kappa shape index (κ2) is 10.1. The molecule has 23 heavy (non-hydrogen) atoms. The lowest BCUT2D eigenvalue weighted by molar-refractivity contribution is 0.146. The van der Waals surface area contributed by atoms with Gasteiger partial charge in [0.2, 0.25) is 0 Å². The number of likely N-dealkylation sites (tertiary alicyclic amines) is 1. The van der Waals surface area contributed by atoms with E-state index in [0.717, 1.165) is 38.9 Å². The van der Waals surface area contributed by atoms with Gasteiger partial charge in [0.1, 0.15) is 12.4 Å². The van der Waals surface area contributed by atoms with E-state index in [0.29, 0.717) is 24.7 Å². The highest BCUT2D eigenvalue weighted by Crippen LogP contribution is 2.24. The van der Waals surface area contributed by atoms with Gasteiger partial charge in [-0.25, -0.2) is 4.79 Å². The van der Waals surface area contributed by atoms with Crippen molar-refractivity contribution in [2.45, 2.75) is 39.0 Å². The van der Waals surface area contributed by atoms with Crippen LogP contribution in [-0.2, 0) is 4.74 Å². The standard InChI is InChI=1S/C18H28N2O3/c1-2-3-8-14-22-17-10-5-4-9-16(17)19-18(21)23-15-13-20-11-6-7-12-20/h4-5,9-10H,2-3,6-8,11-15H2,1H3,(H,19,21). The van der Waals surface area contributed by atoms with E-state index >= 15 is 0 Å². The smallest absolute Gasteiger partial charge is 0.411 e. The van der Waals surface area contributed by atoms with Gasteiger partial charge in [-0.1, -0.05) is 31.9 Å². The van der Waals surface area contributed by atoms with Gasteiger partial charge >= 0.3 is 6.09 Å². The van der Waals surface area contributed by atoms with Crippen molar-refractivity contribution in [1.29, 1.82) is 0 Å². The van der Waals surface area contributed by atoms with Crippen molar-refractivity contribution in [3.8, 4) is 5.75 Å². The number of hydrogen-bond donors (Lipinski definition) is 1. The number of anilines is 1. The molecule has 1 saturated heterocycles. The molecule has 5 nitrogen and oxygen atoms in total. The Balaban J connectivity index is 1.73. The molecule has 0 aliphatic carbocycles. The summed E-state index contributed by atoms with van der Waals surface area (Å²) >= 11 is 0.